The number of carbonyl (C=O) groups excluding carboxylic acids is 1. The summed E-state index contributed by atoms with van der Waals surface area (Å²) in [6.07, 6.45) is 2.65. The lowest BCUT2D eigenvalue weighted by atomic mass is 10.2. The maximum atomic E-state index is 10.0. The summed E-state index contributed by atoms with van der Waals surface area (Å²) in [5.41, 5.74) is 2.11. The number of nitrogens with one attached hydrogen (secondary N) is 1. The predicted molar refractivity (Wildman–Crippen MR) is 88.7 cm³/mol. The molecule has 3 rings (SSSR count). The molecule has 0 aliphatic carbocycles. The maximum Gasteiger partial charge on any atom is 0.160 e. The first-order valence-corrected chi connectivity index (χ1v) is 7.62. The SMILES string of the molecule is CNc1cccc2cccnc12.O=Cc1cc(Br)cs1. The maximum absolute atomic E-state index is 10.0. The normalized spacial score (nSPS) is 9.70. The smallest absolute Gasteiger partial charge is 0.160 e. The van der Waals surface area contributed by atoms with Gasteiger partial charge in [-0.15, -0.1) is 11.3 Å². The van der Waals surface area contributed by atoms with E-state index in [-0.39, 0.29) is 0 Å². The van der Waals surface area contributed by atoms with Crippen LogP contribution in [0.3, 0.4) is 0 Å². The molecule has 0 saturated heterocycles. The first-order chi connectivity index (χ1) is 9.74. The Bertz CT molecular complexity index is 706. The number of hydrogen-bond donors (Lipinski definition) is 1. The Hall–Kier alpha value is -1.72. The lowest BCUT2D eigenvalue weighted by Gasteiger charge is -2.02. The van der Waals surface area contributed by atoms with Crippen LogP contribution in [0.2, 0.25) is 0 Å². The molecule has 0 fully saturated rings. The molecule has 0 atom stereocenters. The first-order valence-electron chi connectivity index (χ1n) is 5.95. The molecule has 5 heteroatoms. The van der Waals surface area contributed by atoms with Crippen LogP contribution in [0.15, 0.2) is 52.4 Å². The molecule has 0 aliphatic heterocycles. The molecule has 0 unspecified atom stereocenters. The zero-order valence-corrected chi connectivity index (χ0v) is 13.2. The molecule has 0 saturated carbocycles. The van der Waals surface area contributed by atoms with Crippen LogP contribution in [0.5, 0.6) is 0 Å². The van der Waals surface area contributed by atoms with E-state index >= 15 is 0 Å². The molecule has 1 N–H and O–H groups in total. The van der Waals surface area contributed by atoms with Gasteiger partial charge < -0.3 is 5.32 Å². The van der Waals surface area contributed by atoms with Crippen LogP contribution in [-0.2, 0) is 0 Å². The average molecular weight is 349 g/mol. The minimum absolute atomic E-state index is 0.761. The molecule has 2 aromatic heterocycles. The summed E-state index contributed by atoms with van der Waals surface area (Å²) in [5, 5.41) is 6.16. The lowest BCUT2D eigenvalue weighted by Crippen LogP contribution is -1.90. The summed E-state index contributed by atoms with van der Waals surface area (Å²) in [7, 11) is 1.91. The van der Waals surface area contributed by atoms with Crippen molar-refractivity contribution in [2.24, 2.45) is 0 Å². The van der Waals surface area contributed by atoms with Gasteiger partial charge in [0.2, 0.25) is 0 Å². The van der Waals surface area contributed by atoms with Gasteiger partial charge in [-0.05, 0) is 34.1 Å². The summed E-state index contributed by atoms with van der Waals surface area (Å²) in [6.45, 7) is 0. The Morgan fingerprint density at radius 2 is 2.10 bits per heavy atom. The van der Waals surface area contributed by atoms with Crippen molar-refractivity contribution in [1.29, 1.82) is 0 Å². The van der Waals surface area contributed by atoms with Crippen LogP contribution in [-0.4, -0.2) is 18.3 Å². The largest absolute Gasteiger partial charge is 0.386 e. The van der Waals surface area contributed by atoms with Crippen LogP contribution < -0.4 is 5.32 Å². The Kier molecular flexibility index (Phi) is 5.26. The van der Waals surface area contributed by atoms with Gasteiger partial charge in [-0.1, -0.05) is 18.2 Å². The van der Waals surface area contributed by atoms with E-state index in [4.69, 9.17) is 0 Å². The van der Waals surface area contributed by atoms with Crippen LogP contribution in [0.1, 0.15) is 9.67 Å². The summed E-state index contributed by atoms with van der Waals surface area (Å²) in [5.74, 6) is 0. The van der Waals surface area contributed by atoms with Gasteiger partial charge in [-0.25, -0.2) is 0 Å². The molecule has 0 aliphatic rings. The number of benzene rings is 1. The van der Waals surface area contributed by atoms with Gasteiger partial charge in [0.05, 0.1) is 16.1 Å². The molecule has 3 aromatic rings. The van der Waals surface area contributed by atoms with E-state index in [1.807, 2.05) is 36.8 Å². The average Bonchev–Trinajstić information content (AvgIpc) is 2.93. The molecule has 0 radical (unpaired) electrons. The van der Waals surface area contributed by atoms with Crippen LogP contribution in [0.4, 0.5) is 5.69 Å². The molecule has 3 nitrogen and oxygen atoms in total. The zero-order chi connectivity index (χ0) is 14.4. The van der Waals surface area contributed by atoms with E-state index in [0.29, 0.717) is 0 Å². The fourth-order valence-electron chi connectivity index (χ4n) is 1.70. The van der Waals surface area contributed by atoms with E-state index in [1.165, 1.54) is 16.7 Å². The van der Waals surface area contributed by atoms with Crippen molar-refractivity contribution in [2.75, 3.05) is 12.4 Å². The highest BCUT2D eigenvalue weighted by molar-refractivity contribution is 9.10. The lowest BCUT2D eigenvalue weighted by molar-refractivity contribution is 0.112. The van der Waals surface area contributed by atoms with Crippen molar-refractivity contribution in [3.8, 4) is 0 Å². The molecular weight excluding hydrogens is 336 g/mol. The number of halogens is 1. The van der Waals surface area contributed by atoms with Crippen LogP contribution in [0, 0.1) is 0 Å². The highest BCUT2D eigenvalue weighted by Crippen LogP contribution is 2.19. The third-order valence-electron chi connectivity index (χ3n) is 2.61. The second kappa shape index (κ2) is 7.17. The van der Waals surface area contributed by atoms with Crippen molar-refractivity contribution >= 4 is 50.1 Å². The minimum atomic E-state index is 0.761. The highest BCUT2D eigenvalue weighted by atomic mass is 79.9. The number of aromatic nitrogens is 1. The van der Waals surface area contributed by atoms with Gasteiger partial charge in [0, 0.05) is 28.5 Å². The Morgan fingerprint density at radius 3 is 2.70 bits per heavy atom. The zero-order valence-electron chi connectivity index (χ0n) is 10.8. The number of hydrogen-bond acceptors (Lipinski definition) is 4. The number of carbonyl (C=O) groups is 1. The van der Waals surface area contributed by atoms with E-state index < -0.39 is 0 Å². The van der Waals surface area contributed by atoms with E-state index in [9.17, 15) is 4.79 Å². The number of aldehydes is 1. The van der Waals surface area contributed by atoms with Gasteiger partial charge in [-0.3, -0.25) is 9.78 Å². The summed E-state index contributed by atoms with van der Waals surface area (Å²) in [4.78, 5) is 15.1. The second-order valence-corrected chi connectivity index (χ2v) is 5.77. The molecule has 2 heterocycles. The molecule has 1 aromatic carbocycles. The van der Waals surface area contributed by atoms with Crippen molar-refractivity contribution in [1.82, 2.24) is 4.98 Å². The van der Waals surface area contributed by atoms with E-state index in [1.54, 1.807) is 6.07 Å². The molecule has 102 valence electrons. The number of pyridine rings is 1. The number of nitrogens with zero attached hydrogens (tertiary/aromatic N) is 1. The van der Waals surface area contributed by atoms with Gasteiger partial charge in [-0.2, -0.15) is 0 Å². The summed E-state index contributed by atoms with van der Waals surface area (Å²) >= 11 is 4.66. The topological polar surface area (TPSA) is 42.0 Å². The fourth-order valence-corrected chi connectivity index (χ4v) is 2.94. The highest BCUT2D eigenvalue weighted by Gasteiger charge is 1.97. The monoisotopic (exact) mass is 348 g/mol. The third-order valence-corrected chi connectivity index (χ3v) is 4.22. The second-order valence-electron chi connectivity index (χ2n) is 3.92. The first kappa shape index (κ1) is 14.7. The molecule has 0 spiro atoms. The molecule has 0 amide bonds. The molecule has 20 heavy (non-hydrogen) atoms. The van der Waals surface area contributed by atoms with Crippen LogP contribution >= 0.6 is 27.3 Å². The third kappa shape index (κ3) is 3.65. The fraction of sp³-hybridized carbons (Fsp3) is 0.0667. The van der Waals surface area contributed by atoms with Crippen molar-refractivity contribution in [3.63, 3.8) is 0 Å². The minimum Gasteiger partial charge on any atom is -0.386 e. The number of para-hydroxylation sites is 1. The summed E-state index contributed by atoms with van der Waals surface area (Å²) < 4.78 is 0.976. The predicted octanol–water partition coefficient (Wildman–Crippen LogP) is 4.60. The van der Waals surface area contributed by atoms with Gasteiger partial charge in [0.15, 0.2) is 6.29 Å². The Balaban J connectivity index is 0.000000160. The Labute approximate surface area is 129 Å². The van der Waals surface area contributed by atoms with E-state index in [2.05, 4.69) is 38.4 Å². The van der Waals surface area contributed by atoms with Crippen LogP contribution in [0.25, 0.3) is 10.9 Å². The van der Waals surface area contributed by atoms with Crippen molar-refractivity contribution in [2.45, 2.75) is 0 Å². The van der Waals surface area contributed by atoms with Crippen molar-refractivity contribution in [3.05, 3.63) is 57.3 Å². The number of rotatable bonds is 2. The standard InChI is InChI=1S/C10H10N2.C5H3BrOS/c1-11-9-6-2-4-8-5-3-7-12-10(8)9;6-4-1-5(2-7)8-3-4/h2-7,11H,1H3;1-3H. The number of fused-ring (bicyclic) bond motifs is 1. The quantitative estimate of drug-likeness (QED) is 0.688. The summed E-state index contributed by atoms with van der Waals surface area (Å²) in [6, 6.07) is 11.9. The molecule has 0 bridgehead atoms. The number of anilines is 1. The van der Waals surface area contributed by atoms with E-state index in [0.717, 1.165) is 26.8 Å². The number of thiophene rings is 1. The van der Waals surface area contributed by atoms with Gasteiger partial charge >= 0.3 is 0 Å². The van der Waals surface area contributed by atoms with Crippen molar-refractivity contribution < 1.29 is 4.79 Å². The molecular formula is C15H13BrN2OS. The van der Waals surface area contributed by atoms with Gasteiger partial charge in [0.25, 0.3) is 0 Å². The Morgan fingerprint density at radius 1 is 1.30 bits per heavy atom. The van der Waals surface area contributed by atoms with Gasteiger partial charge in [0.1, 0.15) is 0 Å².